The largest absolute Gasteiger partial charge is 0.491 e. The second-order valence-corrected chi connectivity index (χ2v) is 11.5. The molecule has 0 spiro atoms. The van der Waals surface area contributed by atoms with Gasteiger partial charge in [-0.3, -0.25) is 19.6 Å². The number of halogens is 3. The minimum Gasteiger partial charge on any atom is -0.490 e. The average Bonchev–Trinajstić information content (AvgIpc) is 3.51. The maximum absolute atomic E-state index is 14.8. The van der Waals surface area contributed by atoms with Crippen LogP contribution in [0.2, 0.25) is 0 Å². The zero-order valence-corrected chi connectivity index (χ0v) is 26.5. The molecule has 3 atom stereocenters. The van der Waals surface area contributed by atoms with Crippen LogP contribution in [0.25, 0.3) is 10.8 Å². The summed E-state index contributed by atoms with van der Waals surface area (Å²) in [6.45, 7) is 5.83. The van der Waals surface area contributed by atoms with E-state index in [1.165, 1.54) is 9.91 Å². The van der Waals surface area contributed by atoms with Gasteiger partial charge >= 0.3 is 18.1 Å². The summed E-state index contributed by atoms with van der Waals surface area (Å²) in [5.41, 5.74) is 1.39. The van der Waals surface area contributed by atoms with Gasteiger partial charge < -0.3 is 19.1 Å². The van der Waals surface area contributed by atoms with E-state index in [0.29, 0.717) is 34.9 Å². The van der Waals surface area contributed by atoms with Crippen molar-refractivity contribution in [3.63, 3.8) is 0 Å². The number of alkyl halides is 3. The first-order valence-electron chi connectivity index (χ1n) is 15.4. The lowest BCUT2D eigenvalue weighted by Gasteiger charge is -2.35. The van der Waals surface area contributed by atoms with E-state index < -0.39 is 42.0 Å². The summed E-state index contributed by atoms with van der Waals surface area (Å²) in [7, 11) is 0. The van der Waals surface area contributed by atoms with Gasteiger partial charge in [0.15, 0.2) is 11.5 Å². The Morgan fingerprint density at radius 3 is 2.44 bits per heavy atom. The number of likely N-dealkylation sites (tertiary alicyclic amines) is 1. The summed E-state index contributed by atoms with van der Waals surface area (Å²) in [6.07, 6.45) is -2.25. The molecule has 5 rings (SSSR count). The molecule has 1 fully saturated rings. The van der Waals surface area contributed by atoms with Crippen LogP contribution in [-0.4, -0.2) is 53.2 Å². The number of hydrogen-bond acceptors (Lipinski definition) is 9. The van der Waals surface area contributed by atoms with Crippen molar-refractivity contribution >= 4 is 34.3 Å². The van der Waals surface area contributed by atoms with Gasteiger partial charge in [-0.1, -0.05) is 42.5 Å². The van der Waals surface area contributed by atoms with Crippen LogP contribution in [0.15, 0.2) is 85.2 Å². The van der Waals surface area contributed by atoms with Crippen LogP contribution < -0.4 is 20.3 Å². The maximum atomic E-state index is 14.8. The Kier molecular flexibility index (Phi) is 10.2. The van der Waals surface area contributed by atoms with E-state index in [1.807, 2.05) is 26.8 Å². The summed E-state index contributed by atoms with van der Waals surface area (Å²) in [5, 5.41) is 2.97. The van der Waals surface area contributed by atoms with E-state index in [9.17, 15) is 27.6 Å². The van der Waals surface area contributed by atoms with Crippen molar-refractivity contribution in [1.29, 1.82) is 0 Å². The number of carbonyl (C=O) groups is 3. The molecule has 2 heterocycles. The molecule has 13 heteroatoms. The number of fused-ring (bicyclic) bond motifs is 1. The van der Waals surface area contributed by atoms with Crippen LogP contribution in [0.4, 0.5) is 18.9 Å². The van der Waals surface area contributed by atoms with Gasteiger partial charge in [0.25, 0.3) is 5.91 Å². The molecule has 1 aliphatic rings. The third-order valence-corrected chi connectivity index (χ3v) is 7.93. The lowest BCUT2D eigenvalue weighted by atomic mass is 9.93. The van der Waals surface area contributed by atoms with Gasteiger partial charge in [0, 0.05) is 24.3 Å². The SMILES string of the molecule is CCOc1cc(C(C(=O)N2CCC(C(=O)OC(=O)C(F)(F)F)C2c2ccccc2)N(N)c2ccc3cnccc3c2)ccc1OC(C)C. The zero-order chi connectivity index (χ0) is 34.6. The first-order chi connectivity index (χ1) is 22.9. The molecule has 10 nitrogen and oxygen atoms in total. The number of hydrazine groups is 1. The van der Waals surface area contributed by atoms with Crippen LogP contribution >= 0.6 is 0 Å². The fourth-order valence-corrected chi connectivity index (χ4v) is 5.85. The molecular weight excluding hydrogens is 629 g/mol. The van der Waals surface area contributed by atoms with Crippen molar-refractivity contribution in [3.05, 3.63) is 96.3 Å². The highest BCUT2D eigenvalue weighted by atomic mass is 19.4. The summed E-state index contributed by atoms with van der Waals surface area (Å²) in [4.78, 5) is 45.0. The number of benzene rings is 3. The summed E-state index contributed by atoms with van der Waals surface area (Å²) in [5.74, 6) is 1.85. The van der Waals surface area contributed by atoms with Gasteiger partial charge in [0.1, 0.15) is 6.04 Å². The molecule has 1 aromatic heterocycles. The standard InChI is InChI=1S/C35H35F3N4O6/c1-4-46-29-19-24(11-13-28(29)47-21(2)3)31(42(39)26-12-10-25-20-40-16-14-23(25)18-26)32(43)41-17-15-27(30(41)22-8-6-5-7-9-22)33(44)48-34(45)35(36,37)38/h5-14,16,18-21,27,30-31H,4,15,17,39H2,1-3H3. The van der Waals surface area contributed by atoms with Crippen molar-refractivity contribution in [3.8, 4) is 11.5 Å². The number of rotatable bonds is 10. The molecule has 48 heavy (non-hydrogen) atoms. The van der Waals surface area contributed by atoms with Gasteiger partial charge in [-0.15, -0.1) is 0 Å². The minimum absolute atomic E-state index is 0.0288. The van der Waals surface area contributed by atoms with Gasteiger partial charge in [-0.05, 0) is 74.0 Å². The fraction of sp³-hybridized carbons (Fsp3) is 0.314. The molecule has 0 bridgehead atoms. The number of nitrogens with two attached hydrogens (primary N) is 1. The number of pyridine rings is 1. The molecule has 2 N–H and O–H groups in total. The molecule has 3 aromatic carbocycles. The second-order valence-electron chi connectivity index (χ2n) is 11.5. The maximum Gasteiger partial charge on any atom is 0.491 e. The molecule has 0 aliphatic carbocycles. The Morgan fingerprint density at radius 2 is 1.75 bits per heavy atom. The fourth-order valence-electron chi connectivity index (χ4n) is 5.85. The van der Waals surface area contributed by atoms with Gasteiger partial charge in [0.2, 0.25) is 0 Å². The number of ether oxygens (including phenoxy) is 3. The number of nitrogens with zero attached hydrogens (tertiary/aromatic N) is 3. The molecule has 3 unspecified atom stereocenters. The topological polar surface area (TPSA) is 124 Å². The van der Waals surface area contributed by atoms with Crippen LogP contribution in [0.1, 0.15) is 50.4 Å². The Labute approximate surface area is 275 Å². The van der Waals surface area contributed by atoms with Gasteiger partial charge in [-0.25, -0.2) is 10.6 Å². The minimum atomic E-state index is -5.36. The molecule has 1 aliphatic heterocycles. The van der Waals surface area contributed by atoms with Crippen LogP contribution in [0.5, 0.6) is 11.5 Å². The predicted molar refractivity (Wildman–Crippen MR) is 171 cm³/mol. The van der Waals surface area contributed by atoms with E-state index in [2.05, 4.69) is 9.72 Å². The quantitative estimate of drug-likeness (QED) is 0.0932. The third kappa shape index (κ3) is 7.36. The van der Waals surface area contributed by atoms with Crippen molar-refractivity contribution in [2.45, 2.75) is 51.6 Å². The van der Waals surface area contributed by atoms with Crippen molar-refractivity contribution in [2.75, 3.05) is 18.2 Å². The monoisotopic (exact) mass is 664 g/mol. The van der Waals surface area contributed by atoms with Crippen molar-refractivity contribution in [2.24, 2.45) is 11.8 Å². The summed E-state index contributed by atoms with van der Waals surface area (Å²) < 4.78 is 55.1. The first-order valence-corrected chi connectivity index (χ1v) is 15.4. The van der Waals surface area contributed by atoms with E-state index >= 15 is 0 Å². The lowest BCUT2D eigenvalue weighted by molar-refractivity contribution is -0.203. The van der Waals surface area contributed by atoms with E-state index in [0.717, 1.165) is 10.8 Å². The van der Waals surface area contributed by atoms with Crippen molar-refractivity contribution < 1.29 is 41.8 Å². The van der Waals surface area contributed by atoms with Crippen LogP contribution in [0.3, 0.4) is 0 Å². The molecule has 4 aromatic rings. The Morgan fingerprint density at radius 1 is 1.00 bits per heavy atom. The average molecular weight is 665 g/mol. The lowest BCUT2D eigenvalue weighted by Crippen LogP contribution is -2.47. The second kappa shape index (κ2) is 14.3. The highest BCUT2D eigenvalue weighted by Gasteiger charge is 2.49. The van der Waals surface area contributed by atoms with Crippen LogP contribution in [-0.2, 0) is 19.1 Å². The van der Waals surface area contributed by atoms with E-state index in [1.54, 1.807) is 79.1 Å². The number of esters is 2. The predicted octanol–water partition coefficient (Wildman–Crippen LogP) is 6.06. The molecule has 0 radical (unpaired) electrons. The van der Waals surface area contributed by atoms with E-state index in [4.69, 9.17) is 15.3 Å². The smallest absolute Gasteiger partial charge is 0.490 e. The number of carbonyl (C=O) groups excluding carboxylic acids is 3. The Balaban J connectivity index is 1.59. The molecule has 1 saturated heterocycles. The highest BCUT2D eigenvalue weighted by molar-refractivity contribution is 5.93. The zero-order valence-electron chi connectivity index (χ0n) is 26.5. The molecule has 252 valence electrons. The molecule has 0 saturated carbocycles. The third-order valence-electron chi connectivity index (χ3n) is 7.93. The van der Waals surface area contributed by atoms with E-state index in [-0.39, 0.29) is 19.1 Å². The van der Waals surface area contributed by atoms with Gasteiger partial charge in [-0.2, -0.15) is 13.2 Å². The Bertz CT molecular complexity index is 1790. The number of anilines is 1. The van der Waals surface area contributed by atoms with Crippen molar-refractivity contribution in [1.82, 2.24) is 9.88 Å². The van der Waals surface area contributed by atoms with Crippen LogP contribution in [0, 0.1) is 5.92 Å². The normalized spacial score (nSPS) is 16.9. The first kappa shape index (κ1) is 34.2. The highest BCUT2D eigenvalue weighted by Crippen LogP contribution is 2.42. The number of hydrogen-bond donors (Lipinski definition) is 1. The Hall–Kier alpha value is -5.17. The molecule has 1 amide bonds. The number of amides is 1. The molecular formula is C35H35F3N4O6. The van der Waals surface area contributed by atoms with Gasteiger partial charge in [0.05, 0.1) is 30.4 Å². The number of aromatic nitrogens is 1. The summed E-state index contributed by atoms with van der Waals surface area (Å²) >= 11 is 0. The summed E-state index contributed by atoms with van der Waals surface area (Å²) in [6, 6.07) is 18.3.